The van der Waals surface area contributed by atoms with Crippen molar-refractivity contribution in [3.63, 3.8) is 0 Å². The molecule has 4 N–H and O–H groups in total. The van der Waals surface area contributed by atoms with Crippen LogP contribution in [0.25, 0.3) is 0 Å². The van der Waals surface area contributed by atoms with Gasteiger partial charge in [-0.15, -0.1) is 0 Å². The average molecular weight is 271 g/mol. The van der Waals surface area contributed by atoms with Crippen LogP contribution >= 0.6 is 0 Å². The van der Waals surface area contributed by atoms with Crippen molar-refractivity contribution >= 4 is 17.9 Å². The molecule has 1 rings (SSSR count). The van der Waals surface area contributed by atoms with Crippen molar-refractivity contribution in [3.05, 3.63) is 0 Å². The van der Waals surface area contributed by atoms with Gasteiger partial charge in [-0.2, -0.15) is 0 Å². The zero-order valence-corrected chi connectivity index (χ0v) is 11.2. The van der Waals surface area contributed by atoms with Crippen molar-refractivity contribution in [3.8, 4) is 0 Å². The summed E-state index contributed by atoms with van der Waals surface area (Å²) in [4.78, 5) is 33.7. The van der Waals surface area contributed by atoms with Crippen LogP contribution in [0.3, 0.4) is 0 Å². The SMILES string of the molecule is CC(C)CNC(=O)CNC(=O)NC(C(=O)O)C1CC1. The fraction of sp³-hybridized carbons (Fsp3) is 0.750. The Kier molecular flexibility index (Phi) is 5.59. The van der Waals surface area contributed by atoms with Gasteiger partial charge in [-0.1, -0.05) is 13.8 Å². The maximum Gasteiger partial charge on any atom is 0.326 e. The number of carbonyl (C=O) groups excluding carboxylic acids is 2. The highest BCUT2D eigenvalue weighted by Crippen LogP contribution is 2.32. The molecule has 1 fully saturated rings. The molecule has 19 heavy (non-hydrogen) atoms. The van der Waals surface area contributed by atoms with E-state index in [1.54, 1.807) is 0 Å². The van der Waals surface area contributed by atoms with Gasteiger partial charge < -0.3 is 21.1 Å². The molecular formula is C12H21N3O4. The smallest absolute Gasteiger partial charge is 0.326 e. The Morgan fingerprint density at radius 2 is 1.84 bits per heavy atom. The van der Waals surface area contributed by atoms with Crippen molar-refractivity contribution < 1.29 is 19.5 Å². The molecule has 0 radical (unpaired) electrons. The number of amides is 3. The first-order chi connectivity index (χ1) is 8.90. The molecule has 0 saturated heterocycles. The number of carboxylic acids is 1. The van der Waals surface area contributed by atoms with Crippen LogP contribution in [-0.2, 0) is 9.59 Å². The molecule has 1 atom stereocenters. The van der Waals surface area contributed by atoms with E-state index in [0.717, 1.165) is 12.8 Å². The third kappa shape index (κ3) is 6.08. The minimum atomic E-state index is -1.04. The van der Waals surface area contributed by atoms with Crippen molar-refractivity contribution in [1.82, 2.24) is 16.0 Å². The van der Waals surface area contributed by atoms with Gasteiger partial charge in [-0.05, 0) is 24.7 Å². The highest BCUT2D eigenvalue weighted by molar-refractivity contribution is 5.86. The molecule has 0 heterocycles. The summed E-state index contributed by atoms with van der Waals surface area (Å²) >= 11 is 0. The quantitative estimate of drug-likeness (QED) is 0.519. The Bertz CT molecular complexity index is 353. The summed E-state index contributed by atoms with van der Waals surface area (Å²) in [6.07, 6.45) is 1.62. The van der Waals surface area contributed by atoms with Crippen LogP contribution in [0.5, 0.6) is 0 Å². The number of hydrogen-bond donors (Lipinski definition) is 4. The lowest BCUT2D eigenvalue weighted by Crippen LogP contribution is -2.49. The topological polar surface area (TPSA) is 108 Å². The van der Waals surface area contributed by atoms with E-state index in [0.29, 0.717) is 12.5 Å². The third-order valence-corrected chi connectivity index (χ3v) is 2.76. The lowest BCUT2D eigenvalue weighted by Gasteiger charge is -2.14. The zero-order chi connectivity index (χ0) is 14.4. The van der Waals surface area contributed by atoms with Crippen LogP contribution in [-0.4, -0.2) is 42.1 Å². The van der Waals surface area contributed by atoms with Crippen molar-refractivity contribution in [2.75, 3.05) is 13.1 Å². The third-order valence-electron chi connectivity index (χ3n) is 2.76. The van der Waals surface area contributed by atoms with Crippen LogP contribution in [0.4, 0.5) is 4.79 Å². The van der Waals surface area contributed by atoms with E-state index in [1.165, 1.54) is 0 Å². The summed E-state index contributed by atoms with van der Waals surface area (Å²) in [5.41, 5.74) is 0. The predicted octanol–water partition coefficient (Wildman–Crippen LogP) is -0.0790. The van der Waals surface area contributed by atoms with E-state index in [4.69, 9.17) is 5.11 Å². The van der Waals surface area contributed by atoms with Gasteiger partial charge >= 0.3 is 12.0 Å². The minimum absolute atomic E-state index is 0.0121. The number of rotatable bonds is 7. The standard InChI is InChI=1S/C12H21N3O4/c1-7(2)5-13-9(16)6-14-12(19)15-10(11(17)18)8-3-4-8/h7-8,10H,3-6H2,1-2H3,(H,13,16)(H,17,18)(H2,14,15,19). The Balaban J connectivity index is 2.23. The van der Waals surface area contributed by atoms with E-state index in [-0.39, 0.29) is 18.4 Å². The summed E-state index contributed by atoms with van der Waals surface area (Å²) < 4.78 is 0. The molecule has 0 spiro atoms. The van der Waals surface area contributed by atoms with Crippen LogP contribution in [0.1, 0.15) is 26.7 Å². The molecular weight excluding hydrogens is 250 g/mol. The molecule has 0 aromatic carbocycles. The van der Waals surface area contributed by atoms with Crippen molar-refractivity contribution in [2.45, 2.75) is 32.7 Å². The van der Waals surface area contributed by atoms with E-state index < -0.39 is 18.0 Å². The van der Waals surface area contributed by atoms with Gasteiger partial charge in [0.05, 0.1) is 6.54 Å². The average Bonchev–Trinajstić information content (AvgIpc) is 3.14. The second-order valence-electron chi connectivity index (χ2n) is 5.18. The maximum absolute atomic E-state index is 11.5. The summed E-state index contributed by atoms with van der Waals surface area (Å²) in [6.45, 7) is 4.32. The zero-order valence-electron chi connectivity index (χ0n) is 11.2. The van der Waals surface area contributed by atoms with E-state index in [9.17, 15) is 14.4 Å². The van der Waals surface area contributed by atoms with Gasteiger partial charge in [0.15, 0.2) is 0 Å². The molecule has 7 nitrogen and oxygen atoms in total. The largest absolute Gasteiger partial charge is 0.480 e. The van der Waals surface area contributed by atoms with Crippen LogP contribution in [0.15, 0.2) is 0 Å². The first-order valence-corrected chi connectivity index (χ1v) is 6.44. The first kappa shape index (κ1) is 15.3. The highest BCUT2D eigenvalue weighted by atomic mass is 16.4. The molecule has 108 valence electrons. The maximum atomic E-state index is 11.5. The van der Waals surface area contributed by atoms with Gasteiger partial charge in [0, 0.05) is 6.54 Å². The van der Waals surface area contributed by atoms with Gasteiger partial charge in [-0.25, -0.2) is 9.59 Å². The van der Waals surface area contributed by atoms with E-state index in [2.05, 4.69) is 16.0 Å². The molecule has 0 bridgehead atoms. The van der Waals surface area contributed by atoms with Crippen molar-refractivity contribution in [1.29, 1.82) is 0 Å². The lowest BCUT2D eigenvalue weighted by atomic mass is 10.2. The van der Waals surface area contributed by atoms with Crippen molar-refractivity contribution in [2.24, 2.45) is 11.8 Å². The van der Waals surface area contributed by atoms with E-state index >= 15 is 0 Å². The van der Waals surface area contributed by atoms with Gasteiger partial charge in [-0.3, -0.25) is 4.79 Å². The summed E-state index contributed by atoms with van der Waals surface area (Å²) in [5, 5.41) is 16.3. The molecule has 1 aliphatic rings. The second-order valence-corrected chi connectivity index (χ2v) is 5.18. The van der Waals surface area contributed by atoms with Crippen LogP contribution in [0.2, 0.25) is 0 Å². The number of urea groups is 1. The Labute approximate surface area is 112 Å². The normalized spacial score (nSPS) is 15.7. The predicted molar refractivity (Wildman–Crippen MR) is 68.5 cm³/mol. The van der Waals surface area contributed by atoms with Gasteiger partial charge in [0.2, 0.25) is 5.91 Å². The Morgan fingerprint density at radius 1 is 1.21 bits per heavy atom. The summed E-state index contributed by atoms with van der Waals surface area (Å²) in [7, 11) is 0. The molecule has 1 unspecified atom stereocenters. The molecule has 0 aromatic heterocycles. The molecule has 7 heteroatoms. The second kappa shape index (κ2) is 6.96. The fourth-order valence-corrected chi connectivity index (χ4v) is 1.54. The molecule has 1 saturated carbocycles. The fourth-order valence-electron chi connectivity index (χ4n) is 1.54. The number of aliphatic carboxylic acids is 1. The molecule has 0 aliphatic heterocycles. The van der Waals surface area contributed by atoms with Gasteiger partial charge in [0.1, 0.15) is 6.04 Å². The number of carbonyl (C=O) groups is 3. The van der Waals surface area contributed by atoms with E-state index in [1.807, 2.05) is 13.8 Å². The molecule has 0 aromatic rings. The van der Waals surface area contributed by atoms with Gasteiger partial charge in [0.25, 0.3) is 0 Å². The Hall–Kier alpha value is -1.79. The van der Waals surface area contributed by atoms with Crippen LogP contribution in [0, 0.1) is 11.8 Å². The number of carboxylic acid groups (broad SMARTS) is 1. The summed E-state index contributed by atoms with van der Waals surface area (Å²) in [5.74, 6) is -0.980. The molecule has 3 amide bonds. The first-order valence-electron chi connectivity index (χ1n) is 6.44. The number of hydrogen-bond acceptors (Lipinski definition) is 3. The summed E-state index contributed by atoms with van der Waals surface area (Å²) in [6, 6.07) is -1.49. The van der Waals surface area contributed by atoms with Crippen LogP contribution < -0.4 is 16.0 Å². The highest BCUT2D eigenvalue weighted by Gasteiger charge is 2.37. The Morgan fingerprint density at radius 3 is 2.32 bits per heavy atom. The number of nitrogens with one attached hydrogen (secondary N) is 3. The monoisotopic (exact) mass is 271 g/mol. The lowest BCUT2D eigenvalue weighted by molar-refractivity contribution is -0.139. The minimum Gasteiger partial charge on any atom is -0.480 e. The molecule has 1 aliphatic carbocycles.